The molecule has 2 aliphatic rings. The van der Waals surface area contributed by atoms with Crippen molar-refractivity contribution in [2.75, 3.05) is 33.6 Å². The fourth-order valence-electron chi connectivity index (χ4n) is 6.45. The number of aryl methyl sites for hydroxylation is 1. The normalized spacial score (nSPS) is 23.0. The van der Waals surface area contributed by atoms with E-state index in [0.717, 1.165) is 31.8 Å². The molecule has 6 rings (SSSR count). The van der Waals surface area contributed by atoms with Gasteiger partial charge < -0.3 is 24.1 Å². The van der Waals surface area contributed by atoms with Gasteiger partial charge in [0.05, 0.1) is 33.1 Å². The van der Waals surface area contributed by atoms with E-state index in [1.165, 1.54) is 13.1 Å². The van der Waals surface area contributed by atoms with Crippen molar-refractivity contribution in [1.29, 1.82) is 0 Å². The summed E-state index contributed by atoms with van der Waals surface area (Å²) >= 11 is 0. The van der Waals surface area contributed by atoms with Crippen LogP contribution < -0.4 is 20.7 Å². The lowest BCUT2D eigenvalue weighted by Gasteiger charge is -2.41. The van der Waals surface area contributed by atoms with Crippen LogP contribution in [0.5, 0.6) is 11.5 Å². The Bertz CT molecular complexity index is 1900. The van der Waals surface area contributed by atoms with E-state index in [9.17, 15) is 23.1 Å². The summed E-state index contributed by atoms with van der Waals surface area (Å²) in [4.78, 5) is 27.3. The Balaban J connectivity index is 1.50. The molecule has 2 N–H and O–H groups in total. The van der Waals surface area contributed by atoms with Crippen molar-refractivity contribution in [2.24, 2.45) is 0 Å². The molecule has 4 aromatic rings. The number of aromatic amines is 1. The van der Waals surface area contributed by atoms with E-state index in [1.54, 1.807) is 14.2 Å². The molecule has 2 saturated heterocycles. The third-order valence-electron chi connectivity index (χ3n) is 8.82. The number of nitrogens with zero attached hydrogens (tertiary/aromatic N) is 2. The number of hydrogen-bond acceptors (Lipinski definition) is 9. The van der Waals surface area contributed by atoms with Gasteiger partial charge in [0.1, 0.15) is 28.8 Å². The number of H-pyrrole nitrogens is 1. The van der Waals surface area contributed by atoms with E-state index >= 15 is 0 Å². The summed E-state index contributed by atoms with van der Waals surface area (Å²) in [6.45, 7) is 1.02. The minimum Gasteiger partial charge on any atom is -0.497 e. The number of sulfonamides is 1. The molecule has 0 spiro atoms. The second-order valence-corrected chi connectivity index (χ2v) is 13.5. The first kappa shape index (κ1) is 31.7. The van der Waals surface area contributed by atoms with Crippen molar-refractivity contribution < 1.29 is 32.5 Å². The molecule has 3 heterocycles. The molecular formula is C33H35N3O9S. The number of fused-ring (bicyclic) bond motifs is 2. The van der Waals surface area contributed by atoms with Crippen LogP contribution in [0.15, 0.2) is 94.6 Å². The molecule has 0 amide bonds. The van der Waals surface area contributed by atoms with Gasteiger partial charge in [-0.2, -0.15) is 4.31 Å². The fraction of sp³-hybridized carbons (Fsp3) is 0.333. The largest absolute Gasteiger partial charge is 0.497 e. The van der Waals surface area contributed by atoms with Gasteiger partial charge in [-0.05, 0) is 47.9 Å². The van der Waals surface area contributed by atoms with Crippen LogP contribution in [0.1, 0.15) is 28.5 Å². The van der Waals surface area contributed by atoms with Crippen LogP contribution in [0.25, 0.3) is 0 Å². The van der Waals surface area contributed by atoms with Gasteiger partial charge in [0.15, 0.2) is 6.23 Å². The molecule has 13 heteroatoms. The summed E-state index contributed by atoms with van der Waals surface area (Å²) in [7, 11) is -0.727. The van der Waals surface area contributed by atoms with E-state index in [0.29, 0.717) is 11.5 Å². The van der Waals surface area contributed by atoms with Crippen molar-refractivity contribution in [3.63, 3.8) is 0 Å². The van der Waals surface area contributed by atoms with Gasteiger partial charge in [0, 0.05) is 18.3 Å². The molecule has 0 unspecified atom stereocenters. The van der Waals surface area contributed by atoms with Crippen LogP contribution in [0.3, 0.4) is 0 Å². The first-order valence-electron chi connectivity index (χ1n) is 14.6. The molecule has 1 aromatic heterocycles. The number of benzene rings is 3. The summed E-state index contributed by atoms with van der Waals surface area (Å²) in [6, 6.07) is 23.1. The number of nitrogens with one attached hydrogen (secondary N) is 1. The lowest BCUT2D eigenvalue weighted by atomic mass is 9.79. The van der Waals surface area contributed by atoms with Gasteiger partial charge in [0.2, 0.25) is 10.0 Å². The zero-order valence-corrected chi connectivity index (χ0v) is 26.6. The van der Waals surface area contributed by atoms with Gasteiger partial charge in [0.25, 0.3) is 5.56 Å². The first-order chi connectivity index (χ1) is 21.9. The topological polar surface area (TPSA) is 149 Å². The Morgan fingerprint density at radius 3 is 2.00 bits per heavy atom. The maximum Gasteiger partial charge on any atom is 0.330 e. The van der Waals surface area contributed by atoms with Crippen molar-refractivity contribution in [2.45, 2.75) is 36.5 Å². The lowest BCUT2D eigenvalue weighted by molar-refractivity contribution is -0.171. The predicted molar refractivity (Wildman–Crippen MR) is 169 cm³/mol. The number of methoxy groups -OCH3 is 2. The Labute approximate surface area is 265 Å². The molecule has 4 atom stereocenters. The van der Waals surface area contributed by atoms with Crippen molar-refractivity contribution >= 4 is 10.0 Å². The van der Waals surface area contributed by atoms with Crippen LogP contribution in [-0.4, -0.2) is 78.8 Å². The summed E-state index contributed by atoms with van der Waals surface area (Å²) in [6.07, 6.45) is -0.280. The van der Waals surface area contributed by atoms with Crippen molar-refractivity contribution in [3.8, 4) is 11.5 Å². The van der Waals surface area contributed by atoms with E-state index in [4.69, 9.17) is 18.9 Å². The Hall–Kier alpha value is -4.27. The average molecular weight is 650 g/mol. The molecule has 3 aromatic carbocycles. The zero-order chi connectivity index (χ0) is 32.9. The molecule has 2 aliphatic heterocycles. The van der Waals surface area contributed by atoms with Crippen molar-refractivity contribution in [1.82, 2.24) is 13.9 Å². The molecule has 0 aliphatic carbocycles. The van der Waals surface area contributed by atoms with E-state index < -0.39 is 50.8 Å². The van der Waals surface area contributed by atoms with Crippen LogP contribution in [-0.2, 0) is 25.1 Å². The Morgan fingerprint density at radius 2 is 1.48 bits per heavy atom. The highest BCUT2D eigenvalue weighted by Crippen LogP contribution is 2.50. The summed E-state index contributed by atoms with van der Waals surface area (Å²) in [5.41, 5.74) is -1.80. The molecule has 46 heavy (non-hydrogen) atoms. The lowest BCUT2D eigenvalue weighted by Crippen LogP contribution is -2.52. The number of hydrogen-bond donors (Lipinski definition) is 2. The molecule has 2 bridgehead atoms. The average Bonchev–Trinajstić information content (AvgIpc) is 3.50. The smallest absolute Gasteiger partial charge is 0.330 e. The third-order valence-corrected chi connectivity index (χ3v) is 10.0. The quantitative estimate of drug-likeness (QED) is 0.247. The third kappa shape index (κ3) is 5.23. The van der Waals surface area contributed by atoms with Gasteiger partial charge in [-0.25, -0.2) is 13.2 Å². The molecule has 0 saturated carbocycles. The Kier molecular flexibility index (Phi) is 8.15. The number of morpholine rings is 1. The highest BCUT2D eigenvalue weighted by Gasteiger charge is 2.67. The van der Waals surface area contributed by atoms with Gasteiger partial charge in [-0.15, -0.1) is 0 Å². The SMILES string of the molecule is COc1ccc(C(OC[C@@]23CN(S(C)(=O)=O)[C@@H]([C@H](n4cc(C)c(=O)[nH]c4=O)O2)[C@@H]3O)(c2ccccc2)c2ccc(OC)cc2)cc1. The molecular weight excluding hydrogens is 614 g/mol. The highest BCUT2D eigenvalue weighted by atomic mass is 32.2. The second-order valence-electron chi connectivity index (χ2n) is 11.6. The van der Waals surface area contributed by atoms with Crippen LogP contribution in [0, 0.1) is 6.92 Å². The molecule has 242 valence electrons. The number of ether oxygens (including phenoxy) is 4. The maximum absolute atomic E-state index is 13.0. The minimum absolute atomic E-state index is 0.221. The highest BCUT2D eigenvalue weighted by molar-refractivity contribution is 7.88. The summed E-state index contributed by atoms with van der Waals surface area (Å²) < 4.78 is 52.6. The van der Waals surface area contributed by atoms with Crippen LogP contribution in [0.2, 0.25) is 0 Å². The van der Waals surface area contributed by atoms with Gasteiger partial charge >= 0.3 is 5.69 Å². The standard InChI is InChI=1S/C33H35N3O9S/c1-21-18-35(31(39)34-29(21)38)30-27-28(37)32(45-30,19-36(27)46(4,40)41)20-44-33(22-8-6-5-7-9-22,23-10-14-25(42-2)15-11-23)24-12-16-26(43-3)17-13-24/h5-18,27-28,30,37H,19-20H2,1-4H3,(H,34,38,39)/t27-,28+,30-,32-/m1/s1. The van der Waals surface area contributed by atoms with Crippen LogP contribution >= 0.6 is 0 Å². The maximum atomic E-state index is 13.0. The van der Waals surface area contributed by atoms with E-state index in [2.05, 4.69) is 4.98 Å². The predicted octanol–water partition coefficient (Wildman–Crippen LogP) is 2.14. The number of aliphatic hydroxyl groups is 1. The monoisotopic (exact) mass is 649 g/mol. The Morgan fingerprint density at radius 1 is 0.935 bits per heavy atom. The zero-order valence-electron chi connectivity index (χ0n) is 25.7. The summed E-state index contributed by atoms with van der Waals surface area (Å²) in [5, 5.41) is 11.8. The second kappa shape index (κ2) is 11.8. The number of aromatic nitrogens is 2. The summed E-state index contributed by atoms with van der Waals surface area (Å²) in [5.74, 6) is 1.28. The van der Waals surface area contributed by atoms with Gasteiger partial charge in [-0.3, -0.25) is 14.3 Å². The first-order valence-corrected chi connectivity index (χ1v) is 16.4. The molecule has 12 nitrogen and oxygen atoms in total. The van der Waals surface area contributed by atoms with Gasteiger partial charge in [-0.1, -0.05) is 54.6 Å². The van der Waals surface area contributed by atoms with E-state index in [1.807, 2.05) is 78.9 Å². The number of aliphatic hydroxyl groups excluding tert-OH is 1. The number of rotatable bonds is 10. The molecule has 2 fully saturated rings. The fourth-order valence-corrected chi connectivity index (χ4v) is 7.57. The van der Waals surface area contributed by atoms with Crippen LogP contribution in [0.4, 0.5) is 0 Å². The molecule has 0 radical (unpaired) electrons. The van der Waals surface area contributed by atoms with E-state index in [-0.39, 0.29) is 18.7 Å². The minimum atomic E-state index is -3.88. The van der Waals surface area contributed by atoms with Crippen molar-refractivity contribution in [3.05, 3.63) is 128 Å².